The van der Waals surface area contributed by atoms with E-state index in [4.69, 9.17) is 16.3 Å². The van der Waals surface area contributed by atoms with Gasteiger partial charge in [0.2, 0.25) is 5.95 Å². The summed E-state index contributed by atoms with van der Waals surface area (Å²) < 4.78 is 49.1. The van der Waals surface area contributed by atoms with E-state index in [1.165, 1.54) is 18.5 Å². The van der Waals surface area contributed by atoms with E-state index in [1.54, 1.807) is 19.2 Å². The lowest BCUT2D eigenvalue weighted by Gasteiger charge is -2.17. The smallest absolute Gasteiger partial charge is 0.359 e. The number of benzene rings is 2. The minimum Gasteiger partial charge on any atom is -0.493 e. The zero-order chi connectivity index (χ0) is 26.3. The molecule has 3 heterocycles. The van der Waals surface area contributed by atoms with Crippen LogP contribution in [0.4, 0.5) is 30.5 Å². The average molecular weight is 531 g/mol. The highest BCUT2D eigenvalue weighted by Crippen LogP contribution is 2.35. The Balaban J connectivity index is 1.68. The van der Waals surface area contributed by atoms with Crippen LogP contribution in [0.3, 0.4) is 0 Å². The second kappa shape index (κ2) is 9.62. The van der Waals surface area contributed by atoms with Crippen LogP contribution in [0, 0.1) is 17.5 Å². The number of ether oxygens (including phenoxy) is 1. The zero-order valence-electron chi connectivity index (χ0n) is 19.2. The van der Waals surface area contributed by atoms with E-state index in [2.05, 4.69) is 20.6 Å². The minimum absolute atomic E-state index is 0.0909. The van der Waals surface area contributed by atoms with E-state index >= 15 is 0 Å². The van der Waals surface area contributed by atoms with Crippen molar-refractivity contribution < 1.29 is 17.9 Å². The molecular formula is C24H18ClF3N6O3. The molecule has 0 radical (unpaired) electrons. The molecule has 190 valence electrons. The molecule has 2 aromatic heterocycles. The third kappa shape index (κ3) is 4.62. The number of hydrogen-bond donors (Lipinski definition) is 2. The fourth-order valence-electron chi connectivity index (χ4n) is 3.91. The molecule has 0 spiro atoms. The van der Waals surface area contributed by atoms with Crippen molar-refractivity contribution in [1.82, 2.24) is 19.1 Å². The molecule has 13 heteroatoms. The lowest BCUT2D eigenvalue weighted by molar-refractivity contribution is 0.357. The van der Waals surface area contributed by atoms with E-state index in [0.29, 0.717) is 42.3 Å². The van der Waals surface area contributed by atoms with Gasteiger partial charge in [0.1, 0.15) is 11.6 Å². The SMILES string of the molecule is CNc1cncc(-n2c(=O)nc(Nc3cc4c(cc3Cl)OCC4)n(Cc3cc(F)c(F)cc3F)c2=O)c1. The molecule has 4 aromatic rings. The Morgan fingerprint density at radius 3 is 2.62 bits per heavy atom. The van der Waals surface area contributed by atoms with Crippen LogP contribution >= 0.6 is 11.6 Å². The predicted molar refractivity (Wildman–Crippen MR) is 131 cm³/mol. The number of hydrogen-bond acceptors (Lipinski definition) is 7. The van der Waals surface area contributed by atoms with Gasteiger partial charge < -0.3 is 15.4 Å². The van der Waals surface area contributed by atoms with Crippen LogP contribution in [0.5, 0.6) is 5.75 Å². The van der Waals surface area contributed by atoms with Crippen LogP contribution in [-0.2, 0) is 13.0 Å². The van der Waals surface area contributed by atoms with Crippen molar-refractivity contribution in [3.05, 3.63) is 97.3 Å². The predicted octanol–water partition coefficient (Wildman–Crippen LogP) is 3.63. The van der Waals surface area contributed by atoms with E-state index in [0.717, 1.165) is 14.7 Å². The number of nitrogens with zero attached hydrogens (tertiary/aromatic N) is 4. The number of aromatic nitrogens is 4. The Morgan fingerprint density at radius 1 is 1.05 bits per heavy atom. The van der Waals surface area contributed by atoms with E-state index in [1.807, 2.05) is 0 Å². The molecule has 0 bridgehead atoms. The van der Waals surface area contributed by atoms with Gasteiger partial charge in [-0.15, -0.1) is 0 Å². The van der Waals surface area contributed by atoms with Crippen LogP contribution in [0.25, 0.3) is 5.69 Å². The van der Waals surface area contributed by atoms with Crippen LogP contribution in [0.15, 0.2) is 52.3 Å². The van der Waals surface area contributed by atoms with E-state index in [9.17, 15) is 22.8 Å². The van der Waals surface area contributed by atoms with Crippen molar-refractivity contribution in [2.45, 2.75) is 13.0 Å². The summed E-state index contributed by atoms with van der Waals surface area (Å²) in [6, 6.07) is 5.78. The van der Waals surface area contributed by atoms with Crippen molar-refractivity contribution in [3.63, 3.8) is 0 Å². The van der Waals surface area contributed by atoms with Gasteiger partial charge in [0.25, 0.3) is 0 Å². The van der Waals surface area contributed by atoms with Crippen molar-refractivity contribution in [2.75, 3.05) is 24.3 Å². The molecule has 0 atom stereocenters. The second-order valence-electron chi connectivity index (χ2n) is 8.12. The Labute approximate surface area is 212 Å². The first-order valence-electron chi connectivity index (χ1n) is 11.0. The summed E-state index contributed by atoms with van der Waals surface area (Å²) in [5.74, 6) is -3.43. The number of fused-ring (bicyclic) bond motifs is 1. The molecular weight excluding hydrogens is 513 g/mol. The van der Waals surface area contributed by atoms with Crippen molar-refractivity contribution >= 4 is 28.9 Å². The summed E-state index contributed by atoms with van der Waals surface area (Å²) in [4.78, 5) is 34.6. The topological polar surface area (TPSA) is 103 Å². The zero-order valence-corrected chi connectivity index (χ0v) is 19.9. The maximum Gasteiger partial charge on any atom is 0.359 e. The van der Waals surface area contributed by atoms with Gasteiger partial charge in [-0.3, -0.25) is 9.55 Å². The lowest BCUT2D eigenvalue weighted by atomic mass is 10.1. The molecule has 0 saturated heterocycles. The summed E-state index contributed by atoms with van der Waals surface area (Å²) in [6.45, 7) is -0.106. The minimum atomic E-state index is -1.38. The molecule has 37 heavy (non-hydrogen) atoms. The van der Waals surface area contributed by atoms with E-state index in [-0.39, 0.29) is 22.2 Å². The van der Waals surface area contributed by atoms with Gasteiger partial charge in [0.15, 0.2) is 11.6 Å². The molecule has 0 saturated carbocycles. The summed E-state index contributed by atoms with van der Waals surface area (Å²) in [6.07, 6.45) is 3.38. The van der Waals surface area contributed by atoms with Gasteiger partial charge in [0.05, 0.1) is 47.6 Å². The van der Waals surface area contributed by atoms with Gasteiger partial charge in [-0.2, -0.15) is 4.98 Å². The average Bonchev–Trinajstić information content (AvgIpc) is 3.32. The summed E-state index contributed by atoms with van der Waals surface area (Å²) >= 11 is 6.37. The Kier molecular flexibility index (Phi) is 6.34. The molecule has 0 aliphatic carbocycles. The Bertz CT molecular complexity index is 1660. The molecule has 0 fully saturated rings. The molecule has 5 rings (SSSR count). The number of halogens is 4. The highest BCUT2D eigenvalue weighted by atomic mass is 35.5. The fourth-order valence-corrected chi connectivity index (χ4v) is 4.11. The standard InChI is InChI=1S/C24H18ClF3N6O3/c1-29-14-6-15(10-30-9-14)34-23(35)32-22(31-20-5-12-2-3-37-21(12)7-16(20)25)33(24(34)36)11-13-4-18(27)19(28)8-17(13)26/h4-10,29H,2-3,11H2,1H3,(H,31,32,35). The second-order valence-corrected chi connectivity index (χ2v) is 8.53. The quantitative estimate of drug-likeness (QED) is 0.367. The van der Waals surface area contributed by atoms with Crippen LogP contribution < -0.4 is 26.7 Å². The first kappa shape index (κ1) is 24.4. The number of anilines is 3. The molecule has 1 aliphatic rings. The van der Waals surface area contributed by atoms with Crippen molar-refractivity contribution in [3.8, 4) is 11.4 Å². The highest BCUT2D eigenvalue weighted by Gasteiger charge is 2.21. The van der Waals surface area contributed by atoms with Gasteiger partial charge in [-0.25, -0.2) is 27.3 Å². The third-order valence-electron chi connectivity index (χ3n) is 5.78. The van der Waals surface area contributed by atoms with Gasteiger partial charge in [-0.1, -0.05) is 11.6 Å². The van der Waals surface area contributed by atoms with Crippen LogP contribution in [0.2, 0.25) is 5.02 Å². The summed E-state index contributed by atoms with van der Waals surface area (Å²) in [5.41, 5.74) is -0.465. The summed E-state index contributed by atoms with van der Waals surface area (Å²) in [7, 11) is 1.63. The Morgan fingerprint density at radius 2 is 1.84 bits per heavy atom. The highest BCUT2D eigenvalue weighted by molar-refractivity contribution is 6.33. The van der Waals surface area contributed by atoms with Crippen LogP contribution in [-0.4, -0.2) is 32.8 Å². The molecule has 9 nitrogen and oxygen atoms in total. The maximum absolute atomic E-state index is 14.5. The molecule has 1 aliphatic heterocycles. The van der Waals surface area contributed by atoms with Crippen molar-refractivity contribution in [1.29, 1.82) is 0 Å². The first-order chi connectivity index (χ1) is 17.7. The maximum atomic E-state index is 14.5. The van der Waals surface area contributed by atoms with Gasteiger partial charge in [-0.05, 0) is 23.8 Å². The number of pyridine rings is 1. The molecule has 2 aromatic carbocycles. The molecule has 0 amide bonds. The van der Waals surface area contributed by atoms with E-state index < -0.39 is 35.4 Å². The van der Waals surface area contributed by atoms with Crippen LogP contribution in [0.1, 0.15) is 11.1 Å². The fraction of sp³-hybridized carbons (Fsp3) is 0.167. The third-order valence-corrected chi connectivity index (χ3v) is 6.10. The number of nitrogens with one attached hydrogen (secondary N) is 2. The lowest BCUT2D eigenvalue weighted by Crippen LogP contribution is -2.42. The Hall–Kier alpha value is -4.32. The largest absolute Gasteiger partial charge is 0.493 e. The van der Waals surface area contributed by atoms with Gasteiger partial charge >= 0.3 is 11.4 Å². The molecule has 0 unspecified atom stereocenters. The monoisotopic (exact) mass is 530 g/mol. The van der Waals surface area contributed by atoms with Gasteiger partial charge in [0, 0.05) is 31.2 Å². The number of rotatable bonds is 6. The summed E-state index contributed by atoms with van der Waals surface area (Å²) in [5, 5.41) is 5.92. The van der Waals surface area contributed by atoms with Crippen molar-refractivity contribution in [2.24, 2.45) is 0 Å². The normalized spacial score (nSPS) is 12.2. The first-order valence-corrected chi connectivity index (χ1v) is 11.4. The molecule has 2 N–H and O–H groups in total.